The maximum absolute atomic E-state index is 13.2. The summed E-state index contributed by atoms with van der Waals surface area (Å²) in [4.78, 5) is 4.05. The quantitative estimate of drug-likeness (QED) is 0.347. The van der Waals surface area contributed by atoms with Crippen LogP contribution in [0, 0.1) is 0 Å². The highest BCUT2D eigenvalue weighted by molar-refractivity contribution is 5.47. The monoisotopic (exact) mass is 449 g/mol. The highest BCUT2D eigenvalue weighted by atomic mass is 19.4. The number of hydrogen-bond donors (Lipinski definition) is 1. The lowest BCUT2D eigenvalue weighted by Gasteiger charge is -2.36. The Hall–Kier alpha value is -3.48. The summed E-state index contributed by atoms with van der Waals surface area (Å²) in [7, 11) is 0. The van der Waals surface area contributed by atoms with Crippen molar-refractivity contribution in [1.29, 1.82) is 0 Å². The van der Waals surface area contributed by atoms with Gasteiger partial charge in [0, 0.05) is 0 Å². The highest BCUT2D eigenvalue weighted by Gasteiger charge is 2.38. The third-order valence-electron chi connectivity index (χ3n) is 5.46. The second-order valence-electron chi connectivity index (χ2n) is 7.52. The molecule has 1 aromatic heterocycles. The molecule has 0 atom stereocenters. The predicted molar refractivity (Wildman–Crippen MR) is 119 cm³/mol. The summed E-state index contributed by atoms with van der Waals surface area (Å²) in [6, 6.07) is 31.2. The van der Waals surface area contributed by atoms with Gasteiger partial charge in [-0.2, -0.15) is 13.2 Å². The number of alkyl halides is 3. The van der Waals surface area contributed by atoms with Gasteiger partial charge in [0.05, 0.1) is 30.2 Å². The smallest absolute Gasteiger partial charge is 0.390 e. The molecule has 0 amide bonds. The fraction of sp³-hybridized carbons (Fsp3) is 0.148. The van der Waals surface area contributed by atoms with E-state index in [4.69, 9.17) is 4.74 Å². The molecule has 0 aliphatic carbocycles. The van der Waals surface area contributed by atoms with E-state index in [0.717, 1.165) is 22.8 Å². The first-order chi connectivity index (χ1) is 15.9. The number of hydrogen-bond acceptors (Lipinski definition) is 3. The van der Waals surface area contributed by atoms with Gasteiger partial charge in [-0.1, -0.05) is 91.0 Å². The van der Waals surface area contributed by atoms with Gasteiger partial charge in [-0.3, -0.25) is 4.98 Å². The van der Waals surface area contributed by atoms with Crippen molar-refractivity contribution >= 4 is 0 Å². The van der Waals surface area contributed by atoms with Crippen molar-refractivity contribution in [2.45, 2.75) is 25.0 Å². The first-order valence-electron chi connectivity index (χ1n) is 10.4. The Labute approximate surface area is 190 Å². The van der Waals surface area contributed by atoms with Crippen molar-refractivity contribution < 1.29 is 23.0 Å². The van der Waals surface area contributed by atoms with Crippen LogP contribution >= 0.6 is 0 Å². The van der Waals surface area contributed by atoms with Crippen molar-refractivity contribution in [3.05, 3.63) is 137 Å². The number of pyridine rings is 1. The Morgan fingerprint density at radius 2 is 1.12 bits per heavy atom. The van der Waals surface area contributed by atoms with Crippen LogP contribution in [0.25, 0.3) is 0 Å². The van der Waals surface area contributed by atoms with Gasteiger partial charge in [0.2, 0.25) is 0 Å². The Balaban J connectivity index is 1.82. The maximum Gasteiger partial charge on any atom is 0.418 e. The van der Waals surface area contributed by atoms with Crippen LogP contribution in [0.1, 0.15) is 33.6 Å². The van der Waals surface area contributed by atoms with E-state index in [1.165, 1.54) is 6.07 Å². The second kappa shape index (κ2) is 9.57. The summed E-state index contributed by atoms with van der Waals surface area (Å²) in [6.07, 6.45) is -4.59. The molecule has 4 aromatic rings. The minimum absolute atomic E-state index is 0.0657. The molecule has 0 radical (unpaired) electrons. The van der Waals surface area contributed by atoms with E-state index in [1.807, 2.05) is 91.0 Å². The molecule has 0 saturated heterocycles. The van der Waals surface area contributed by atoms with Crippen molar-refractivity contribution in [2.75, 3.05) is 0 Å². The second-order valence-corrected chi connectivity index (χ2v) is 7.52. The zero-order valence-corrected chi connectivity index (χ0v) is 17.7. The van der Waals surface area contributed by atoms with Crippen LogP contribution in [0.4, 0.5) is 13.2 Å². The number of nitrogens with zero attached hydrogens (tertiary/aromatic N) is 1. The van der Waals surface area contributed by atoms with Gasteiger partial charge in [0.25, 0.3) is 0 Å². The molecule has 1 N–H and O–H groups in total. The minimum Gasteiger partial charge on any atom is -0.390 e. The van der Waals surface area contributed by atoms with Crippen molar-refractivity contribution in [3.8, 4) is 0 Å². The van der Waals surface area contributed by atoms with Crippen LogP contribution in [0.15, 0.2) is 103 Å². The molecule has 1 heterocycles. The molecule has 3 nitrogen and oxygen atoms in total. The minimum atomic E-state index is -4.59. The topological polar surface area (TPSA) is 42.4 Å². The zero-order valence-electron chi connectivity index (χ0n) is 17.7. The Morgan fingerprint density at radius 1 is 0.667 bits per heavy atom. The van der Waals surface area contributed by atoms with Gasteiger partial charge >= 0.3 is 6.18 Å². The standard InChI is InChI=1S/C27H22F3NO2/c28-27(29,30)24-17-16-23(31-25(24)18-32)19-33-26(20-10-4-1-5-11-20,21-12-6-2-7-13-21)22-14-8-3-9-15-22/h1-17,32H,18-19H2. The molecule has 6 heteroatoms. The summed E-state index contributed by atoms with van der Waals surface area (Å²) in [5.74, 6) is 0. The molecule has 0 unspecified atom stereocenters. The number of benzene rings is 3. The van der Waals surface area contributed by atoms with Crippen LogP contribution < -0.4 is 0 Å². The fourth-order valence-corrected chi connectivity index (χ4v) is 3.96. The predicted octanol–water partition coefficient (Wildman–Crippen LogP) is 6.10. The summed E-state index contributed by atoms with van der Waals surface area (Å²) in [5, 5.41) is 9.47. The van der Waals surface area contributed by atoms with Gasteiger partial charge in [-0.05, 0) is 28.8 Å². The molecule has 0 bridgehead atoms. The largest absolute Gasteiger partial charge is 0.418 e. The average molecular weight is 449 g/mol. The summed E-state index contributed by atoms with van der Waals surface area (Å²) in [5.41, 5.74) is 0.514. The van der Waals surface area contributed by atoms with Crippen LogP contribution in [0.2, 0.25) is 0 Å². The third-order valence-corrected chi connectivity index (χ3v) is 5.46. The number of aliphatic hydroxyl groups excluding tert-OH is 1. The Morgan fingerprint density at radius 3 is 1.52 bits per heavy atom. The molecule has 0 aliphatic rings. The Kier molecular flexibility index (Phi) is 6.58. The molecule has 0 fully saturated rings. The number of ether oxygens (including phenoxy) is 1. The molecule has 0 aliphatic heterocycles. The first-order valence-corrected chi connectivity index (χ1v) is 10.4. The van der Waals surface area contributed by atoms with E-state index in [-0.39, 0.29) is 6.61 Å². The van der Waals surface area contributed by atoms with Crippen molar-refractivity contribution in [3.63, 3.8) is 0 Å². The average Bonchev–Trinajstić information content (AvgIpc) is 2.85. The SMILES string of the molecule is OCc1nc(COC(c2ccccc2)(c2ccccc2)c2ccccc2)ccc1C(F)(F)F. The lowest BCUT2D eigenvalue weighted by Crippen LogP contribution is -2.33. The van der Waals surface area contributed by atoms with E-state index in [0.29, 0.717) is 5.69 Å². The highest BCUT2D eigenvalue weighted by Crippen LogP contribution is 2.41. The molecule has 168 valence electrons. The lowest BCUT2D eigenvalue weighted by atomic mass is 9.80. The van der Waals surface area contributed by atoms with E-state index >= 15 is 0 Å². The molecule has 4 rings (SSSR count). The first kappa shape index (κ1) is 22.7. The van der Waals surface area contributed by atoms with Gasteiger partial charge in [-0.15, -0.1) is 0 Å². The number of rotatable bonds is 7. The molecule has 0 saturated carbocycles. The zero-order chi connectivity index (χ0) is 23.3. The molecule has 3 aromatic carbocycles. The number of aromatic nitrogens is 1. The van der Waals surface area contributed by atoms with Crippen LogP contribution in [0.3, 0.4) is 0 Å². The number of aliphatic hydroxyl groups is 1. The van der Waals surface area contributed by atoms with E-state index in [2.05, 4.69) is 4.98 Å². The normalized spacial score (nSPS) is 12.0. The van der Waals surface area contributed by atoms with E-state index in [9.17, 15) is 18.3 Å². The third kappa shape index (κ3) is 4.67. The van der Waals surface area contributed by atoms with Gasteiger partial charge in [-0.25, -0.2) is 0 Å². The van der Waals surface area contributed by atoms with E-state index in [1.54, 1.807) is 0 Å². The number of halogens is 3. The Bertz CT molecular complexity index is 1080. The molecule has 33 heavy (non-hydrogen) atoms. The summed E-state index contributed by atoms with van der Waals surface area (Å²) in [6.45, 7) is -0.881. The van der Waals surface area contributed by atoms with Crippen molar-refractivity contribution in [1.82, 2.24) is 4.98 Å². The van der Waals surface area contributed by atoms with Crippen molar-refractivity contribution in [2.24, 2.45) is 0 Å². The molecule has 0 spiro atoms. The van der Waals surface area contributed by atoms with Gasteiger partial charge < -0.3 is 9.84 Å². The van der Waals surface area contributed by atoms with Gasteiger partial charge in [0.15, 0.2) is 0 Å². The van der Waals surface area contributed by atoms with Crippen LogP contribution in [-0.4, -0.2) is 10.1 Å². The maximum atomic E-state index is 13.2. The summed E-state index contributed by atoms with van der Waals surface area (Å²) >= 11 is 0. The molecular formula is C27H22F3NO2. The van der Waals surface area contributed by atoms with Crippen LogP contribution in [-0.2, 0) is 29.7 Å². The van der Waals surface area contributed by atoms with Gasteiger partial charge in [0.1, 0.15) is 5.60 Å². The molecular weight excluding hydrogens is 427 g/mol. The summed E-state index contributed by atoms with van der Waals surface area (Å²) < 4.78 is 46.2. The van der Waals surface area contributed by atoms with E-state index < -0.39 is 29.6 Å². The fourth-order valence-electron chi connectivity index (χ4n) is 3.96. The van der Waals surface area contributed by atoms with Crippen LogP contribution in [0.5, 0.6) is 0 Å². The lowest BCUT2D eigenvalue weighted by molar-refractivity contribution is -0.139.